The molecule has 0 aliphatic heterocycles. The summed E-state index contributed by atoms with van der Waals surface area (Å²) < 4.78 is 0. The zero-order valence-electron chi connectivity index (χ0n) is 2.49. The second-order valence-corrected chi connectivity index (χ2v) is 0. The zero-order chi connectivity index (χ0) is 0. The Bertz CT molecular complexity index is 8.00. The summed E-state index contributed by atoms with van der Waals surface area (Å²) in [5, 5.41) is 0. The van der Waals surface area contributed by atoms with E-state index in [9.17, 15) is 0 Å². The Hall–Kier alpha value is 1.28. The Morgan fingerprint density at radius 3 is 1.00 bits per heavy atom. The smallest absolute Gasteiger partial charge is 0 e. The summed E-state index contributed by atoms with van der Waals surface area (Å²) >= 11 is 0. The van der Waals surface area contributed by atoms with Crippen molar-refractivity contribution in [3.63, 3.8) is 0 Å². The van der Waals surface area contributed by atoms with Gasteiger partial charge in [0.2, 0.25) is 0 Å². The molecule has 0 nitrogen and oxygen atoms in total. The molecular formula is HAlFLiSi. The molecule has 0 atom stereocenters. The molecule has 0 aromatic carbocycles. The third kappa shape index (κ3) is 10.4. The van der Waals surface area contributed by atoms with Gasteiger partial charge in [-0.25, -0.2) is 0 Å². The predicted molar refractivity (Wildman–Crippen MR) is 19.8 cm³/mol. The molecule has 0 aromatic rings. The van der Waals surface area contributed by atoms with Gasteiger partial charge in [-0.05, 0) is 0 Å². The van der Waals surface area contributed by atoms with E-state index in [1.54, 1.807) is 0 Å². The van der Waals surface area contributed by atoms with Gasteiger partial charge < -0.3 is 0 Å². The Morgan fingerprint density at radius 1 is 1.00 bits per heavy atom. The molecule has 4 heavy (non-hydrogen) atoms. The minimum absolute atomic E-state index is 0. The zero-order valence-corrected chi connectivity index (χ0v) is 4.64. The maximum Gasteiger partial charge on any atom is 0 e. The van der Waals surface area contributed by atoms with Gasteiger partial charge in [0, 0.05) is 47.2 Å². The molecule has 0 aromatic heterocycles. The molecule has 16 valence electrons. The number of hydrogen-bond donors (Lipinski definition) is 0. The number of rotatable bonds is 0. The summed E-state index contributed by atoms with van der Waals surface area (Å²) in [7, 11) is 0. The molecule has 0 fully saturated rings. The van der Waals surface area contributed by atoms with Crippen LogP contribution in [0.25, 0.3) is 0 Å². The molecule has 0 heterocycles. The van der Waals surface area contributed by atoms with E-state index in [4.69, 9.17) is 0 Å². The van der Waals surface area contributed by atoms with Gasteiger partial charge in [-0.2, -0.15) is 0 Å². The average Bonchev–Trinajstić information content (AvgIpc) is 0. The van der Waals surface area contributed by atoms with Gasteiger partial charge in [-0.15, -0.1) is 0 Å². The van der Waals surface area contributed by atoms with Crippen molar-refractivity contribution in [2.24, 2.45) is 0 Å². The van der Waals surface area contributed by atoms with Crippen LogP contribution in [-0.2, 0) is 0 Å². The van der Waals surface area contributed by atoms with E-state index >= 15 is 0 Å². The summed E-state index contributed by atoms with van der Waals surface area (Å²) in [6.07, 6.45) is 0. The molecule has 0 saturated carbocycles. The van der Waals surface area contributed by atoms with Crippen LogP contribution in [0.15, 0.2) is 0 Å². The van der Waals surface area contributed by atoms with E-state index in [0.29, 0.717) is 0 Å². The topological polar surface area (TPSA) is 0 Å². The summed E-state index contributed by atoms with van der Waals surface area (Å²) in [6, 6.07) is 0. The molecule has 0 spiro atoms. The first-order valence-corrected chi connectivity index (χ1v) is 0. The molecule has 0 rings (SSSR count). The van der Waals surface area contributed by atoms with Crippen LogP contribution in [0.4, 0.5) is 4.70 Å². The second kappa shape index (κ2) is 28.2. The third-order valence-corrected chi connectivity index (χ3v) is 0. The summed E-state index contributed by atoms with van der Waals surface area (Å²) in [5.41, 5.74) is 0. The Balaban J connectivity index is 0. The van der Waals surface area contributed by atoms with E-state index in [2.05, 4.69) is 0 Å². The third-order valence-electron chi connectivity index (χ3n) is 0. The van der Waals surface area contributed by atoms with E-state index in [1.807, 2.05) is 0 Å². The van der Waals surface area contributed by atoms with Gasteiger partial charge >= 0.3 is 0 Å². The molecule has 0 N–H and O–H groups in total. The largest absolute Gasteiger partial charge is 0.269 e. The number of halogens is 1. The minimum atomic E-state index is 0. The first kappa shape index (κ1) is 59.2. The second-order valence-electron chi connectivity index (χ2n) is 0. The van der Waals surface area contributed by atoms with Crippen molar-refractivity contribution in [2.45, 2.75) is 0 Å². The van der Waals surface area contributed by atoms with Gasteiger partial charge in [0.05, 0.1) is 0 Å². The molecule has 0 unspecified atom stereocenters. The van der Waals surface area contributed by atoms with E-state index < -0.39 is 0 Å². The van der Waals surface area contributed by atoms with Gasteiger partial charge in [-0.1, -0.05) is 0 Å². The maximum absolute atomic E-state index is 0. The SMILES string of the molecule is F.[Al].[Li].[Si]. The first-order valence-electron chi connectivity index (χ1n) is 0. The summed E-state index contributed by atoms with van der Waals surface area (Å²) in [5.74, 6) is 0. The van der Waals surface area contributed by atoms with Crippen molar-refractivity contribution in [3.05, 3.63) is 0 Å². The quantitative estimate of drug-likeness (QED) is 0.329. The minimum Gasteiger partial charge on any atom is -0.269 e. The van der Waals surface area contributed by atoms with Crippen molar-refractivity contribution in [3.8, 4) is 0 Å². The van der Waals surface area contributed by atoms with Gasteiger partial charge in [0.15, 0.2) is 0 Å². The fourth-order valence-electron chi connectivity index (χ4n) is 0. The molecule has 0 aliphatic rings. The molecule has 4 heteroatoms. The molecule has 0 aliphatic carbocycles. The fraction of sp³-hybridized carbons (Fsp3) is 0. The maximum atomic E-state index is 0. The van der Waals surface area contributed by atoms with Crippen LogP contribution in [0.1, 0.15) is 0 Å². The van der Waals surface area contributed by atoms with Gasteiger partial charge in [-0.3, -0.25) is 4.70 Å². The first-order chi connectivity index (χ1) is 0. The van der Waals surface area contributed by atoms with Gasteiger partial charge in [0.1, 0.15) is 0 Å². The van der Waals surface area contributed by atoms with Crippen LogP contribution in [0.2, 0.25) is 0 Å². The molecule has 0 saturated heterocycles. The van der Waals surface area contributed by atoms with Crippen molar-refractivity contribution in [2.75, 3.05) is 0 Å². The predicted octanol–water partition coefficient (Wildman–Crippen LogP) is -0.990. The van der Waals surface area contributed by atoms with E-state index in [1.165, 1.54) is 0 Å². The van der Waals surface area contributed by atoms with Crippen molar-refractivity contribution in [1.82, 2.24) is 0 Å². The Labute approximate surface area is 52.0 Å². The standard InChI is InChI=1S/Al.FH.Li.Si/h;1H;;. The molecule has 8 radical (unpaired) electrons. The summed E-state index contributed by atoms with van der Waals surface area (Å²) in [4.78, 5) is 0. The number of hydrogen-bond acceptors (Lipinski definition) is 0. The van der Waals surface area contributed by atoms with Crippen LogP contribution in [-0.4, -0.2) is 47.2 Å². The van der Waals surface area contributed by atoms with Crippen LogP contribution < -0.4 is 0 Å². The fourth-order valence-corrected chi connectivity index (χ4v) is 0. The molecule has 0 bridgehead atoms. The van der Waals surface area contributed by atoms with Gasteiger partial charge in [0.25, 0.3) is 0 Å². The monoisotopic (exact) mass is 82.0 g/mol. The van der Waals surface area contributed by atoms with Crippen molar-refractivity contribution in [1.29, 1.82) is 0 Å². The van der Waals surface area contributed by atoms with Crippen molar-refractivity contribution >= 4 is 47.2 Å². The van der Waals surface area contributed by atoms with Crippen LogP contribution in [0.3, 0.4) is 0 Å². The Morgan fingerprint density at radius 2 is 1.00 bits per heavy atom. The van der Waals surface area contributed by atoms with Crippen LogP contribution in [0.5, 0.6) is 0 Å². The molecule has 0 amide bonds. The molecular weight excluding hydrogens is 81.0 g/mol. The van der Waals surface area contributed by atoms with Crippen LogP contribution >= 0.6 is 0 Å². The normalized spacial score (nSPS) is 0. The van der Waals surface area contributed by atoms with E-state index in [-0.39, 0.29) is 51.9 Å². The van der Waals surface area contributed by atoms with Crippen molar-refractivity contribution < 1.29 is 4.70 Å². The average molecular weight is 82.0 g/mol. The Kier molecular flexibility index (Phi) is 417. The van der Waals surface area contributed by atoms with Crippen LogP contribution in [0, 0.1) is 0 Å². The summed E-state index contributed by atoms with van der Waals surface area (Å²) in [6.45, 7) is 0. The van der Waals surface area contributed by atoms with E-state index in [0.717, 1.165) is 0 Å².